The van der Waals surface area contributed by atoms with Crippen LogP contribution in [0.1, 0.15) is 11.1 Å². The Bertz CT molecular complexity index is 928. The summed E-state index contributed by atoms with van der Waals surface area (Å²) in [5.74, 6) is 0. The fourth-order valence-corrected chi connectivity index (χ4v) is 2.45. The molecule has 3 rings (SSSR count). The first kappa shape index (κ1) is 16.2. The Morgan fingerprint density at radius 2 is 2.04 bits per heavy atom. The molecule has 7 nitrogen and oxygen atoms in total. The minimum Gasteiger partial charge on any atom is -0.384 e. The number of hydrogen-bond donors (Lipinski definition) is 1. The standard InChI is InChI=1S/C18H15N5O2/c19-11-15-10-17(23(24)25)6-7-18(15)20-9-8-14-12-21-22(13-14)16-4-2-1-3-5-16/h1-7,10,12-13,20H,8-9H2. The van der Waals surface area contributed by atoms with Crippen LogP contribution in [0.2, 0.25) is 0 Å². The highest BCUT2D eigenvalue weighted by atomic mass is 16.6. The summed E-state index contributed by atoms with van der Waals surface area (Å²) in [7, 11) is 0. The van der Waals surface area contributed by atoms with Gasteiger partial charge in [0.1, 0.15) is 6.07 Å². The molecule has 1 N–H and O–H groups in total. The molecular weight excluding hydrogens is 318 g/mol. The first-order valence-corrected chi connectivity index (χ1v) is 7.69. The second-order valence-corrected chi connectivity index (χ2v) is 5.40. The van der Waals surface area contributed by atoms with Crippen LogP contribution in [-0.4, -0.2) is 21.2 Å². The second kappa shape index (κ2) is 7.27. The van der Waals surface area contributed by atoms with E-state index in [1.807, 2.05) is 47.3 Å². The van der Waals surface area contributed by atoms with Gasteiger partial charge in [-0.1, -0.05) is 18.2 Å². The maximum absolute atomic E-state index is 10.8. The third kappa shape index (κ3) is 3.82. The minimum atomic E-state index is -0.511. The highest BCUT2D eigenvalue weighted by Gasteiger charge is 2.10. The Balaban J connectivity index is 1.63. The number of nitriles is 1. The number of non-ortho nitro benzene ring substituents is 1. The topological polar surface area (TPSA) is 96.8 Å². The monoisotopic (exact) mass is 333 g/mol. The molecule has 0 aliphatic heterocycles. The molecule has 0 atom stereocenters. The first-order chi connectivity index (χ1) is 12.2. The summed E-state index contributed by atoms with van der Waals surface area (Å²) in [5, 5.41) is 27.4. The van der Waals surface area contributed by atoms with Gasteiger partial charge in [0.05, 0.1) is 28.1 Å². The number of anilines is 1. The van der Waals surface area contributed by atoms with Crippen molar-refractivity contribution in [2.45, 2.75) is 6.42 Å². The van der Waals surface area contributed by atoms with E-state index >= 15 is 0 Å². The number of para-hydroxylation sites is 1. The summed E-state index contributed by atoms with van der Waals surface area (Å²) in [6.45, 7) is 0.590. The smallest absolute Gasteiger partial charge is 0.270 e. The number of hydrogen-bond acceptors (Lipinski definition) is 5. The molecule has 3 aromatic rings. The van der Waals surface area contributed by atoms with E-state index in [2.05, 4.69) is 10.4 Å². The third-order valence-electron chi connectivity index (χ3n) is 3.72. The lowest BCUT2D eigenvalue weighted by molar-refractivity contribution is -0.384. The maximum atomic E-state index is 10.8. The Kier molecular flexibility index (Phi) is 4.72. The Morgan fingerprint density at radius 1 is 1.24 bits per heavy atom. The number of benzene rings is 2. The van der Waals surface area contributed by atoms with Gasteiger partial charge >= 0.3 is 0 Å². The largest absolute Gasteiger partial charge is 0.384 e. The van der Waals surface area contributed by atoms with Gasteiger partial charge in [-0.25, -0.2) is 4.68 Å². The van der Waals surface area contributed by atoms with Crippen molar-refractivity contribution in [3.63, 3.8) is 0 Å². The zero-order chi connectivity index (χ0) is 17.6. The van der Waals surface area contributed by atoms with Crippen LogP contribution < -0.4 is 5.32 Å². The summed E-state index contributed by atoms with van der Waals surface area (Å²) < 4.78 is 1.81. The molecule has 0 fully saturated rings. The first-order valence-electron chi connectivity index (χ1n) is 7.69. The Labute approximate surface area is 144 Å². The molecule has 0 unspecified atom stereocenters. The van der Waals surface area contributed by atoms with E-state index in [1.165, 1.54) is 12.1 Å². The molecule has 0 bridgehead atoms. The summed E-state index contributed by atoms with van der Waals surface area (Å²) in [6, 6.07) is 16.0. The van der Waals surface area contributed by atoms with Crippen LogP contribution in [0.25, 0.3) is 5.69 Å². The van der Waals surface area contributed by atoms with Crippen molar-refractivity contribution in [1.82, 2.24) is 9.78 Å². The van der Waals surface area contributed by atoms with Gasteiger partial charge in [0.25, 0.3) is 5.69 Å². The molecule has 124 valence electrons. The van der Waals surface area contributed by atoms with Gasteiger partial charge in [-0.05, 0) is 30.2 Å². The lowest BCUT2D eigenvalue weighted by Gasteiger charge is -2.07. The highest BCUT2D eigenvalue weighted by molar-refractivity contribution is 5.61. The van der Waals surface area contributed by atoms with Crippen LogP contribution in [0, 0.1) is 21.4 Å². The highest BCUT2D eigenvalue weighted by Crippen LogP contribution is 2.21. The molecule has 7 heteroatoms. The number of aromatic nitrogens is 2. The van der Waals surface area contributed by atoms with Gasteiger partial charge < -0.3 is 5.32 Å². The van der Waals surface area contributed by atoms with Gasteiger partial charge in [-0.3, -0.25) is 10.1 Å². The number of nitro benzene ring substituents is 1. The van der Waals surface area contributed by atoms with Crippen LogP contribution in [0.5, 0.6) is 0 Å². The predicted octanol–water partition coefficient (Wildman–Crippen LogP) is 3.31. The molecule has 0 saturated carbocycles. The SMILES string of the molecule is N#Cc1cc([N+](=O)[O-])ccc1NCCc1cnn(-c2ccccc2)c1. The zero-order valence-corrected chi connectivity index (χ0v) is 13.3. The number of nitrogens with one attached hydrogen (secondary N) is 1. The van der Waals surface area contributed by atoms with Crippen molar-refractivity contribution < 1.29 is 4.92 Å². The van der Waals surface area contributed by atoms with Crippen molar-refractivity contribution in [2.24, 2.45) is 0 Å². The second-order valence-electron chi connectivity index (χ2n) is 5.40. The van der Waals surface area contributed by atoms with Gasteiger partial charge in [0, 0.05) is 24.9 Å². The number of nitrogens with zero attached hydrogens (tertiary/aromatic N) is 4. The Morgan fingerprint density at radius 3 is 2.76 bits per heavy atom. The quantitative estimate of drug-likeness (QED) is 0.551. The van der Waals surface area contributed by atoms with E-state index in [0.717, 1.165) is 11.3 Å². The average Bonchev–Trinajstić information content (AvgIpc) is 3.11. The van der Waals surface area contributed by atoms with E-state index in [9.17, 15) is 10.1 Å². The fourth-order valence-electron chi connectivity index (χ4n) is 2.45. The van der Waals surface area contributed by atoms with E-state index < -0.39 is 4.92 Å². The Hall–Kier alpha value is -3.66. The van der Waals surface area contributed by atoms with Gasteiger partial charge in [0.2, 0.25) is 0 Å². The molecule has 0 aliphatic rings. The van der Waals surface area contributed by atoms with Crippen LogP contribution in [0.4, 0.5) is 11.4 Å². The summed E-state index contributed by atoms with van der Waals surface area (Å²) in [4.78, 5) is 10.3. The van der Waals surface area contributed by atoms with E-state index in [1.54, 1.807) is 12.3 Å². The molecule has 0 saturated heterocycles. The van der Waals surface area contributed by atoms with Crippen LogP contribution in [0.3, 0.4) is 0 Å². The maximum Gasteiger partial charge on any atom is 0.270 e. The molecule has 0 amide bonds. The van der Waals surface area contributed by atoms with Crippen molar-refractivity contribution in [1.29, 1.82) is 5.26 Å². The minimum absolute atomic E-state index is 0.0914. The lowest BCUT2D eigenvalue weighted by Crippen LogP contribution is -2.06. The molecule has 0 radical (unpaired) electrons. The molecule has 1 heterocycles. The van der Waals surface area contributed by atoms with E-state index in [4.69, 9.17) is 5.26 Å². The van der Waals surface area contributed by atoms with Crippen LogP contribution in [0.15, 0.2) is 60.9 Å². The third-order valence-corrected chi connectivity index (χ3v) is 3.72. The lowest BCUT2D eigenvalue weighted by atomic mass is 10.1. The molecule has 0 aliphatic carbocycles. The summed E-state index contributed by atoms with van der Waals surface area (Å²) in [5.41, 5.74) is 2.80. The molecule has 2 aromatic carbocycles. The van der Waals surface area contributed by atoms with Crippen molar-refractivity contribution in [3.05, 3.63) is 82.2 Å². The number of nitro groups is 1. The van der Waals surface area contributed by atoms with E-state index in [-0.39, 0.29) is 11.3 Å². The van der Waals surface area contributed by atoms with E-state index in [0.29, 0.717) is 18.7 Å². The van der Waals surface area contributed by atoms with Crippen molar-refractivity contribution >= 4 is 11.4 Å². The average molecular weight is 333 g/mol. The molecule has 0 spiro atoms. The van der Waals surface area contributed by atoms with Gasteiger partial charge in [-0.15, -0.1) is 0 Å². The summed E-state index contributed by atoms with van der Waals surface area (Å²) >= 11 is 0. The predicted molar refractivity (Wildman–Crippen MR) is 93.6 cm³/mol. The summed E-state index contributed by atoms with van der Waals surface area (Å²) in [6.07, 6.45) is 4.47. The normalized spacial score (nSPS) is 10.2. The molecule has 1 aromatic heterocycles. The van der Waals surface area contributed by atoms with Crippen LogP contribution in [-0.2, 0) is 6.42 Å². The molecular formula is C18H15N5O2. The van der Waals surface area contributed by atoms with Gasteiger partial charge in [0.15, 0.2) is 0 Å². The van der Waals surface area contributed by atoms with Crippen molar-refractivity contribution in [3.8, 4) is 11.8 Å². The zero-order valence-electron chi connectivity index (χ0n) is 13.3. The van der Waals surface area contributed by atoms with Crippen molar-refractivity contribution in [2.75, 3.05) is 11.9 Å². The fraction of sp³-hybridized carbons (Fsp3) is 0.111. The van der Waals surface area contributed by atoms with Gasteiger partial charge in [-0.2, -0.15) is 10.4 Å². The number of rotatable bonds is 6. The van der Waals surface area contributed by atoms with Crippen LogP contribution >= 0.6 is 0 Å². The molecule has 25 heavy (non-hydrogen) atoms.